The summed E-state index contributed by atoms with van der Waals surface area (Å²) in [5, 5.41) is 0. The number of carbonyl (C=O) groups is 1. The number of para-hydroxylation sites is 2. The molecule has 1 aromatic carbocycles. The number of aromatic amines is 1. The van der Waals surface area contributed by atoms with E-state index in [4.69, 9.17) is 4.74 Å². The number of imidazole rings is 1. The third-order valence-corrected chi connectivity index (χ3v) is 3.93. The van der Waals surface area contributed by atoms with Gasteiger partial charge in [-0.15, -0.1) is 0 Å². The van der Waals surface area contributed by atoms with E-state index >= 15 is 0 Å². The van der Waals surface area contributed by atoms with Crippen LogP contribution in [0.25, 0.3) is 11.0 Å². The number of hydrogen-bond donors (Lipinski definition) is 1. The Labute approximate surface area is 136 Å². The maximum Gasteiger partial charge on any atom is 0.410 e. The molecule has 23 heavy (non-hydrogen) atoms. The molecule has 1 amide bonds. The molecule has 0 radical (unpaired) electrons. The van der Waals surface area contributed by atoms with Gasteiger partial charge < -0.3 is 19.5 Å². The van der Waals surface area contributed by atoms with Gasteiger partial charge in [-0.2, -0.15) is 0 Å². The van der Waals surface area contributed by atoms with Crippen LogP contribution in [0.15, 0.2) is 24.3 Å². The molecule has 0 aliphatic carbocycles. The zero-order valence-electron chi connectivity index (χ0n) is 14.2. The molecule has 124 valence electrons. The molecular formula is C17H24N4O2. The van der Waals surface area contributed by atoms with Gasteiger partial charge in [0.2, 0.25) is 5.95 Å². The summed E-state index contributed by atoms with van der Waals surface area (Å²) in [6, 6.07) is 8.17. The van der Waals surface area contributed by atoms with E-state index in [9.17, 15) is 4.79 Å². The first-order valence-corrected chi connectivity index (χ1v) is 8.03. The molecule has 0 saturated carbocycles. The number of benzene rings is 1. The van der Waals surface area contributed by atoms with Crippen molar-refractivity contribution >= 4 is 23.1 Å². The topological polar surface area (TPSA) is 61.5 Å². The predicted octanol–water partition coefficient (Wildman–Crippen LogP) is 3.01. The summed E-state index contributed by atoms with van der Waals surface area (Å²) in [6.07, 6.45) is -0.242. The zero-order valence-corrected chi connectivity index (χ0v) is 14.2. The van der Waals surface area contributed by atoms with Crippen molar-refractivity contribution in [1.82, 2.24) is 14.9 Å². The quantitative estimate of drug-likeness (QED) is 0.878. The average Bonchev–Trinajstić information content (AvgIpc) is 2.88. The molecule has 2 heterocycles. The van der Waals surface area contributed by atoms with E-state index in [1.165, 1.54) is 0 Å². The molecule has 1 unspecified atom stereocenters. The maximum atomic E-state index is 12.2. The van der Waals surface area contributed by atoms with Crippen molar-refractivity contribution in [3.63, 3.8) is 0 Å². The summed E-state index contributed by atoms with van der Waals surface area (Å²) in [7, 11) is 0. The molecule has 1 saturated heterocycles. The Kier molecular flexibility index (Phi) is 3.92. The minimum absolute atomic E-state index is 0.178. The Morgan fingerprint density at radius 2 is 2.04 bits per heavy atom. The number of H-pyrrole nitrogens is 1. The van der Waals surface area contributed by atoms with E-state index < -0.39 is 5.60 Å². The molecule has 6 nitrogen and oxygen atoms in total. The van der Waals surface area contributed by atoms with Crippen molar-refractivity contribution in [3.05, 3.63) is 24.3 Å². The smallest absolute Gasteiger partial charge is 0.410 e. The number of anilines is 1. The summed E-state index contributed by atoms with van der Waals surface area (Å²) in [6.45, 7) is 9.77. The Balaban J connectivity index is 1.70. The van der Waals surface area contributed by atoms with Crippen LogP contribution in [0.2, 0.25) is 0 Å². The predicted molar refractivity (Wildman–Crippen MR) is 90.7 cm³/mol. The number of piperazine rings is 1. The molecule has 1 atom stereocenters. The van der Waals surface area contributed by atoms with Gasteiger partial charge in [-0.05, 0) is 39.8 Å². The first-order valence-electron chi connectivity index (χ1n) is 8.03. The van der Waals surface area contributed by atoms with Crippen LogP contribution in [0.5, 0.6) is 0 Å². The van der Waals surface area contributed by atoms with Gasteiger partial charge in [0.25, 0.3) is 0 Å². The number of nitrogens with one attached hydrogen (secondary N) is 1. The number of hydrogen-bond acceptors (Lipinski definition) is 4. The van der Waals surface area contributed by atoms with Crippen molar-refractivity contribution in [2.45, 2.75) is 39.3 Å². The highest BCUT2D eigenvalue weighted by Gasteiger charge is 2.30. The summed E-state index contributed by atoms with van der Waals surface area (Å²) < 4.78 is 5.46. The SMILES string of the molecule is CC1CN(C(=O)OC(C)(C)C)CCN1c1nc2ccccc2[nH]1. The summed E-state index contributed by atoms with van der Waals surface area (Å²) in [4.78, 5) is 24.2. The summed E-state index contributed by atoms with van der Waals surface area (Å²) in [5.41, 5.74) is 1.53. The number of aromatic nitrogens is 2. The fraction of sp³-hybridized carbons (Fsp3) is 0.529. The molecule has 1 aliphatic heterocycles. The van der Waals surface area contributed by atoms with Crippen LogP contribution in [0.3, 0.4) is 0 Å². The third kappa shape index (κ3) is 3.41. The van der Waals surface area contributed by atoms with Gasteiger partial charge in [-0.25, -0.2) is 9.78 Å². The minimum Gasteiger partial charge on any atom is -0.444 e. The van der Waals surface area contributed by atoms with Crippen LogP contribution in [-0.2, 0) is 4.74 Å². The van der Waals surface area contributed by atoms with Crippen molar-refractivity contribution in [2.24, 2.45) is 0 Å². The fourth-order valence-electron chi connectivity index (χ4n) is 2.84. The van der Waals surface area contributed by atoms with Gasteiger partial charge in [0.1, 0.15) is 5.60 Å². The lowest BCUT2D eigenvalue weighted by Gasteiger charge is -2.40. The number of amides is 1. The highest BCUT2D eigenvalue weighted by Crippen LogP contribution is 2.22. The molecule has 3 rings (SSSR count). The van der Waals surface area contributed by atoms with Crippen molar-refractivity contribution < 1.29 is 9.53 Å². The summed E-state index contributed by atoms with van der Waals surface area (Å²) in [5.74, 6) is 0.863. The molecule has 1 aromatic heterocycles. The lowest BCUT2D eigenvalue weighted by molar-refractivity contribution is 0.0218. The van der Waals surface area contributed by atoms with Crippen molar-refractivity contribution in [3.8, 4) is 0 Å². The molecule has 1 fully saturated rings. The molecule has 2 aromatic rings. The van der Waals surface area contributed by atoms with E-state index in [1.807, 2.05) is 45.0 Å². The van der Waals surface area contributed by atoms with Gasteiger partial charge in [0.05, 0.1) is 11.0 Å². The van der Waals surface area contributed by atoms with E-state index in [0.29, 0.717) is 13.1 Å². The molecule has 0 spiro atoms. The largest absolute Gasteiger partial charge is 0.444 e. The van der Waals surface area contributed by atoms with Gasteiger partial charge in [0, 0.05) is 25.7 Å². The van der Waals surface area contributed by atoms with Crippen molar-refractivity contribution in [1.29, 1.82) is 0 Å². The second-order valence-electron chi connectivity index (χ2n) is 7.05. The maximum absolute atomic E-state index is 12.2. The number of rotatable bonds is 1. The monoisotopic (exact) mass is 316 g/mol. The van der Waals surface area contributed by atoms with Crippen molar-refractivity contribution in [2.75, 3.05) is 24.5 Å². The lowest BCUT2D eigenvalue weighted by Crippen LogP contribution is -2.54. The number of nitrogens with zero attached hydrogens (tertiary/aromatic N) is 3. The highest BCUT2D eigenvalue weighted by atomic mass is 16.6. The van der Waals surface area contributed by atoms with Crippen LogP contribution in [0.4, 0.5) is 10.7 Å². The Bertz CT molecular complexity index is 671. The molecular weight excluding hydrogens is 292 g/mol. The Hall–Kier alpha value is -2.24. The molecule has 1 N–H and O–H groups in total. The van der Waals surface area contributed by atoms with Crippen LogP contribution >= 0.6 is 0 Å². The van der Waals surface area contributed by atoms with Crippen LogP contribution < -0.4 is 4.90 Å². The third-order valence-electron chi connectivity index (χ3n) is 3.93. The zero-order chi connectivity index (χ0) is 16.6. The Morgan fingerprint density at radius 3 is 2.70 bits per heavy atom. The van der Waals surface area contributed by atoms with Gasteiger partial charge in [0.15, 0.2) is 0 Å². The Morgan fingerprint density at radius 1 is 1.30 bits per heavy atom. The normalized spacial score (nSPS) is 19.2. The van der Waals surface area contributed by atoms with Gasteiger partial charge in [-0.3, -0.25) is 0 Å². The second-order valence-corrected chi connectivity index (χ2v) is 7.05. The highest BCUT2D eigenvalue weighted by molar-refractivity contribution is 5.77. The van der Waals surface area contributed by atoms with Gasteiger partial charge >= 0.3 is 6.09 Å². The molecule has 6 heteroatoms. The standard InChI is InChI=1S/C17H24N4O2/c1-12-11-20(16(22)23-17(2,3)4)9-10-21(12)15-18-13-7-5-6-8-14(13)19-15/h5-8,12H,9-11H2,1-4H3,(H,18,19). The van der Waals surface area contributed by atoms with E-state index in [1.54, 1.807) is 4.90 Å². The van der Waals surface area contributed by atoms with Crippen LogP contribution in [0, 0.1) is 0 Å². The lowest BCUT2D eigenvalue weighted by atomic mass is 10.2. The van der Waals surface area contributed by atoms with E-state index in [-0.39, 0.29) is 12.1 Å². The second kappa shape index (κ2) is 5.76. The van der Waals surface area contributed by atoms with E-state index in [0.717, 1.165) is 23.5 Å². The number of ether oxygens (including phenoxy) is 1. The first-order chi connectivity index (χ1) is 10.8. The number of carbonyl (C=O) groups excluding carboxylic acids is 1. The minimum atomic E-state index is -0.462. The van der Waals surface area contributed by atoms with E-state index in [2.05, 4.69) is 21.8 Å². The van der Waals surface area contributed by atoms with Crippen LogP contribution in [0.1, 0.15) is 27.7 Å². The van der Waals surface area contributed by atoms with Crippen LogP contribution in [-0.4, -0.2) is 52.2 Å². The molecule has 0 bridgehead atoms. The molecule has 1 aliphatic rings. The average molecular weight is 316 g/mol. The van der Waals surface area contributed by atoms with Gasteiger partial charge in [-0.1, -0.05) is 12.1 Å². The first kappa shape index (κ1) is 15.6. The fourth-order valence-corrected chi connectivity index (χ4v) is 2.84. The summed E-state index contributed by atoms with van der Waals surface area (Å²) >= 11 is 0. The number of fused-ring (bicyclic) bond motifs is 1.